The smallest absolute Gasteiger partial charge is 0.405 e. The number of carbonyl (C=O) groups is 1. The molecule has 1 atom stereocenters. The Hall–Kier alpha value is -2.20. The number of hydrogen-bond acceptors (Lipinski definition) is 6. The minimum Gasteiger partial charge on any atom is -0.493 e. The third-order valence-electron chi connectivity index (χ3n) is 4.37. The van der Waals surface area contributed by atoms with E-state index < -0.39 is 24.7 Å². The van der Waals surface area contributed by atoms with Gasteiger partial charge in [0.1, 0.15) is 6.04 Å². The molecule has 27 heavy (non-hydrogen) atoms. The zero-order chi connectivity index (χ0) is 20.0. The largest absolute Gasteiger partial charge is 0.493 e. The molecule has 0 saturated carbocycles. The fourth-order valence-electron chi connectivity index (χ4n) is 3.01. The Bertz CT molecular complexity index is 649. The molecule has 152 valence electrons. The van der Waals surface area contributed by atoms with Crippen molar-refractivity contribution < 1.29 is 32.2 Å². The molecule has 7 nitrogen and oxygen atoms in total. The zero-order valence-electron chi connectivity index (χ0n) is 15.5. The van der Waals surface area contributed by atoms with Gasteiger partial charge in [-0.05, 0) is 12.1 Å². The lowest BCUT2D eigenvalue weighted by Gasteiger charge is -2.35. The molecule has 2 rings (SSSR count). The summed E-state index contributed by atoms with van der Waals surface area (Å²) in [6.45, 7) is 0.924. The SMILES string of the molecule is COc1ccc(C(=O)NCC(N2CCNCC2)C(F)(F)F)c(OC)c1OC. The number of nitrogens with one attached hydrogen (secondary N) is 2. The van der Waals surface area contributed by atoms with Gasteiger partial charge in [0.15, 0.2) is 11.5 Å². The van der Waals surface area contributed by atoms with E-state index in [1.165, 1.54) is 38.4 Å². The molecule has 1 amide bonds. The molecule has 10 heteroatoms. The van der Waals surface area contributed by atoms with Crippen molar-refractivity contribution in [2.24, 2.45) is 0 Å². The third-order valence-corrected chi connectivity index (χ3v) is 4.37. The van der Waals surface area contributed by atoms with Crippen molar-refractivity contribution >= 4 is 5.91 Å². The lowest BCUT2D eigenvalue weighted by Crippen LogP contribution is -2.57. The van der Waals surface area contributed by atoms with E-state index in [-0.39, 0.29) is 30.2 Å². The highest BCUT2D eigenvalue weighted by Crippen LogP contribution is 2.39. The minimum absolute atomic E-state index is 0.0661. The van der Waals surface area contributed by atoms with Crippen LogP contribution in [0.2, 0.25) is 0 Å². The average Bonchev–Trinajstić information content (AvgIpc) is 2.66. The van der Waals surface area contributed by atoms with Gasteiger partial charge in [-0.2, -0.15) is 13.2 Å². The van der Waals surface area contributed by atoms with Gasteiger partial charge < -0.3 is 24.8 Å². The summed E-state index contributed by atoms with van der Waals surface area (Å²) in [4.78, 5) is 13.8. The number of ether oxygens (including phenoxy) is 3. The summed E-state index contributed by atoms with van der Waals surface area (Å²) >= 11 is 0. The highest BCUT2D eigenvalue weighted by Gasteiger charge is 2.44. The topological polar surface area (TPSA) is 72.1 Å². The van der Waals surface area contributed by atoms with Gasteiger partial charge in [-0.25, -0.2) is 0 Å². The summed E-state index contributed by atoms with van der Waals surface area (Å²) in [6.07, 6.45) is -4.45. The Labute approximate surface area is 155 Å². The first-order valence-electron chi connectivity index (χ1n) is 8.42. The highest BCUT2D eigenvalue weighted by atomic mass is 19.4. The molecule has 0 radical (unpaired) electrons. The maximum absolute atomic E-state index is 13.4. The predicted molar refractivity (Wildman–Crippen MR) is 92.7 cm³/mol. The van der Waals surface area contributed by atoms with Crippen LogP contribution in [0.25, 0.3) is 0 Å². The normalized spacial score (nSPS) is 16.5. The van der Waals surface area contributed by atoms with E-state index in [0.717, 1.165) is 0 Å². The molecule has 1 heterocycles. The van der Waals surface area contributed by atoms with Crippen LogP contribution >= 0.6 is 0 Å². The van der Waals surface area contributed by atoms with Gasteiger partial charge in [-0.1, -0.05) is 0 Å². The van der Waals surface area contributed by atoms with E-state index in [0.29, 0.717) is 18.8 Å². The second-order valence-electron chi connectivity index (χ2n) is 5.94. The molecule has 1 aromatic rings. The Balaban J connectivity index is 2.18. The van der Waals surface area contributed by atoms with E-state index in [2.05, 4.69) is 10.6 Å². The first-order valence-corrected chi connectivity index (χ1v) is 8.42. The van der Waals surface area contributed by atoms with Gasteiger partial charge in [0.05, 0.1) is 26.9 Å². The predicted octanol–water partition coefficient (Wildman–Crippen LogP) is 1.28. The quantitative estimate of drug-likeness (QED) is 0.730. The van der Waals surface area contributed by atoms with Gasteiger partial charge in [-0.15, -0.1) is 0 Å². The number of nitrogens with zero attached hydrogens (tertiary/aromatic N) is 1. The molecule has 1 fully saturated rings. The van der Waals surface area contributed by atoms with Crippen LogP contribution in [0, 0.1) is 0 Å². The number of halogens is 3. The fraction of sp³-hybridized carbons (Fsp3) is 0.588. The van der Waals surface area contributed by atoms with Gasteiger partial charge >= 0.3 is 6.18 Å². The van der Waals surface area contributed by atoms with Crippen molar-refractivity contribution in [3.8, 4) is 17.2 Å². The summed E-state index contributed by atoms with van der Waals surface area (Å²) in [6, 6.07) is 1.16. The number of amides is 1. The number of piperazine rings is 1. The number of alkyl halides is 3. The van der Waals surface area contributed by atoms with Crippen molar-refractivity contribution in [2.45, 2.75) is 12.2 Å². The molecule has 0 aromatic heterocycles. The average molecular weight is 391 g/mol. The number of benzene rings is 1. The van der Waals surface area contributed by atoms with Crippen LogP contribution in [0.4, 0.5) is 13.2 Å². The highest BCUT2D eigenvalue weighted by molar-refractivity contribution is 5.98. The Morgan fingerprint density at radius 2 is 1.78 bits per heavy atom. The lowest BCUT2D eigenvalue weighted by molar-refractivity contribution is -0.183. The van der Waals surface area contributed by atoms with E-state index in [9.17, 15) is 18.0 Å². The molecule has 1 aliphatic rings. The number of methoxy groups -OCH3 is 3. The molecule has 0 aliphatic carbocycles. The van der Waals surface area contributed by atoms with Crippen LogP contribution in [0.1, 0.15) is 10.4 Å². The minimum atomic E-state index is -4.45. The van der Waals surface area contributed by atoms with E-state index in [4.69, 9.17) is 14.2 Å². The number of rotatable bonds is 7. The van der Waals surface area contributed by atoms with Gasteiger partial charge in [0.2, 0.25) is 5.75 Å². The third kappa shape index (κ3) is 4.95. The van der Waals surface area contributed by atoms with E-state index in [1.54, 1.807) is 0 Å². The van der Waals surface area contributed by atoms with Crippen LogP contribution in [-0.2, 0) is 0 Å². The molecule has 2 N–H and O–H groups in total. The summed E-state index contributed by atoms with van der Waals surface area (Å²) in [5.41, 5.74) is 0.0661. The monoisotopic (exact) mass is 391 g/mol. The van der Waals surface area contributed by atoms with Crippen molar-refractivity contribution in [2.75, 3.05) is 54.1 Å². The molecular formula is C17H24F3N3O4. The summed E-state index contributed by atoms with van der Waals surface area (Å²) < 4.78 is 55.9. The summed E-state index contributed by atoms with van der Waals surface area (Å²) in [5, 5.41) is 5.38. The van der Waals surface area contributed by atoms with Gasteiger partial charge in [0, 0.05) is 32.7 Å². The van der Waals surface area contributed by atoms with E-state index >= 15 is 0 Å². The Morgan fingerprint density at radius 3 is 2.30 bits per heavy atom. The Kier molecular flexibility index (Phi) is 7.14. The molecule has 0 spiro atoms. The first-order chi connectivity index (χ1) is 12.8. The molecule has 1 aliphatic heterocycles. The molecule has 1 aromatic carbocycles. The standard InChI is InChI=1S/C17H24F3N3O4/c1-25-12-5-4-11(14(26-2)15(12)27-3)16(24)22-10-13(17(18,19)20)23-8-6-21-7-9-23/h4-5,13,21H,6-10H2,1-3H3,(H,22,24). The van der Waals surface area contributed by atoms with Crippen molar-refractivity contribution in [3.63, 3.8) is 0 Å². The fourth-order valence-corrected chi connectivity index (χ4v) is 3.01. The van der Waals surface area contributed by atoms with Crippen LogP contribution in [-0.4, -0.2) is 77.1 Å². The lowest BCUT2D eigenvalue weighted by atomic mass is 10.1. The van der Waals surface area contributed by atoms with Crippen LogP contribution in [0.15, 0.2) is 12.1 Å². The number of carbonyl (C=O) groups excluding carboxylic acids is 1. The van der Waals surface area contributed by atoms with Crippen LogP contribution in [0.3, 0.4) is 0 Å². The molecule has 1 unspecified atom stereocenters. The van der Waals surface area contributed by atoms with E-state index in [1.807, 2.05) is 0 Å². The van der Waals surface area contributed by atoms with Crippen LogP contribution in [0.5, 0.6) is 17.2 Å². The van der Waals surface area contributed by atoms with Crippen LogP contribution < -0.4 is 24.8 Å². The van der Waals surface area contributed by atoms with Gasteiger partial charge in [0.25, 0.3) is 5.91 Å². The van der Waals surface area contributed by atoms with Crippen molar-refractivity contribution in [1.82, 2.24) is 15.5 Å². The molecule has 0 bridgehead atoms. The van der Waals surface area contributed by atoms with Gasteiger partial charge in [-0.3, -0.25) is 9.69 Å². The maximum Gasteiger partial charge on any atom is 0.405 e. The second-order valence-corrected chi connectivity index (χ2v) is 5.94. The molecular weight excluding hydrogens is 367 g/mol. The molecule has 1 saturated heterocycles. The second kappa shape index (κ2) is 9.14. The zero-order valence-corrected chi connectivity index (χ0v) is 15.5. The van der Waals surface area contributed by atoms with Crippen molar-refractivity contribution in [1.29, 1.82) is 0 Å². The first kappa shape index (κ1) is 21.1. The maximum atomic E-state index is 13.4. The number of hydrogen-bond donors (Lipinski definition) is 2. The van der Waals surface area contributed by atoms with Crippen molar-refractivity contribution in [3.05, 3.63) is 17.7 Å². The summed E-state index contributed by atoms with van der Waals surface area (Å²) in [7, 11) is 4.15. The summed E-state index contributed by atoms with van der Waals surface area (Å²) in [5.74, 6) is -0.0423. The Morgan fingerprint density at radius 1 is 1.15 bits per heavy atom.